The number of nitrogens with one attached hydrogen (secondary N) is 4. The third kappa shape index (κ3) is 7.89. The van der Waals surface area contributed by atoms with Crippen LogP contribution >= 0.6 is 11.8 Å². The number of anilines is 1. The molecule has 0 bridgehead atoms. The molecule has 0 aliphatic carbocycles. The van der Waals surface area contributed by atoms with Gasteiger partial charge in [-0.2, -0.15) is 0 Å². The minimum absolute atomic E-state index is 0.0298. The molecule has 1 aliphatic rings. The van der Waals surface area contributed by atoms with E-state index in [1.807, 2.05) is 30.3 Å². The predicted molar refractivity (Wildman–Crippen MR) is 130 cm³/mol. The molecule has 9 nitrogen and oxygen atoms in total. The molecular formula is C24H28N4O5S. The van der Waals surface area contributed by atoms with Crippen LogP contribution in [-0.4, -0.2) is 47.6 Å². The highest BCUT2D eigenvalue weighted by atomic mass is 32.2. The van der Waals surface area contributed by atoms with Gasteiger partial charge in [-0.25, -0.2) is 4.79 Å². The lowest BCUT2D eigenvalue weighted by Crippen LogP contribution is -2.56. The zero-order chi connectivity index (χ0) is 24.3. The van der Waals surface area contributed by atoms with Gasteiger partial charge in [0.15, 0.2) is 0 Å². The van der Waals surface area contributed by atoms with E-state index >= 15 is 0 Å². The van der Waals surface area contributed by atoms with Crippen LogP contribution in [0.4, 0.5) is 5.69 Å². The van der Waals surface area contributed by atoms with Gasteiger partial charge in [0.05, 0.1) is 23.6 Å². The van der Waals surface area contributed by atoms with E-state index in [1.165, 1.54) is 11.8 Å². The molecule has 2 aromatic rings. The van der Waals surface area contributed by atoms with Crippen molar-refractivity contribution in [2.75, 3.05) is 17.7 Å². The maximum Gasteiger partial charge on any atom is 0.340 e. The Labute approximate surface area is 202 Å². The van der Waals surface area contributed by atoms with E-state index in [4.69, 9.17) is 4.74 Å². The average molecular weight is 485 g/mol. The Hall–Kier alpha value is -3.37. The second kappa shape index (κ2) is 12.8. The summed E-state index contributed by atoms with van der Waals surface area (Å²) in [6, 6.07) is 15.8. The van der Waals surface area contributed by atoms with Crippen LogP contribution in [0.25, 0.3) is 0 Å². The number of carbonyl (C=O) groups is 4. The first kappa shape index (κ1) is 25.3. The summed E-state index contributed by atoms with van der Waals surface area (Å²) in [5, 5.41) is 11.5. The number of ether oxygens (including phenoxy) is 1. The predicted octanol–water partition coefficient (Wildman–Crippen LogP) is 2.00. The van der Waals surface area contributed by atoms with Crippen molar-refractivity contribution >= 4 is 41.1 Å². The third-order valence-electron chi connectivity index (χ3n) is 4.95. The third-order valence-corrected chi connectivity index (χ3v) is 5.97. The number of hydrogen-bond donors (Lipinski definition) is 4. The SMILES string of the molecule is CCOC(=O)c1ccccc1NC(=O)CSC1NC(=O)CC(CC(=O)NCc2ccccc2)N1. The van der Waals surface area contributed by atoms with Crippen molar-refractivity contribution in [3.8, 4) is 0 Å². The van der Waals surface area contributed by atoms with E-state index in [1.54, 1.807) is 31.2 Å². The number of esters is 1. The molecule has 10 heteroatoms. The molecule has 1 aliphatic heterocycles. The fourth-order valence-corrected chi connectivity index (χ4v) is 4.27. The first-order chi connectivity index (χ1) is 16.4. The zero-order valence-corrected chi connectivity index (χ0v) is 19.7. The van der Waals surface area contributed by atoms with Gasteiger partial charge < -0.3 is 20.7 Å². The lowest BCUT2D eigenvalue weighted by Gasteiger charge is -2.30. The number of amides is 3. The van der Waals surface area contributed by atoms with Gasteiger partial charge in [-0.05, 0) is 24.6 Å². The molecule has 1 heterocycles. The minimum Gasteiger partial charge on any atom is -0.462 e. The Morgan fingerprint density at radius 1 is 1.06 bits per heavy atom. The van der Waals surface area contributed by atoms with Crippen LogP contribution in [0.2, 0.25) is 0 Å². The smallest absolute Gasteiger partial charge is 0.340 e. The summed E-state index contributed by atoms with van der Waals surface area (Å²) in [5.74, 6) is -1.17. The lowest BCUT2D eigenvalue weighted by atomic mass is 10.1. The number of para-hydroxylation sites is 1. The van der Waals surface area contributed by atoms with Crippen LogP contribution in [0.5, 0.6) is 0 Å². The largest absolute Gasteiger partial charge is 0.462 e. The Bertz CT molecular complexity index is 1020. The molecule has 0 saturated carbocycles. The molecule has 0 spiro atoms. The first-order valence-electron chi connectivity index (χ1n) is 11.0. The van der Waals surface area contributed by atoms with Gasteiger partial charge in [-0.15, -0.1) is 11.8 Å². The molecule has 2 unspecified atom stereocenters. The van der Waals surface area contributed by atoms with Crippen molar-refractivity contribution in [2.45, 2.75) is 37.8 Å². The van der Waals surface area contributed by atoms with Crippen molar-refractivity contribution in [1.29, 1.82) is 0 Å². The summed E-state index contributed by atoms with van der Waals surface area (Å²) in [6.07, 6.45) is 0.325. The summed E-state index contributed by atoms with van der Waals surface area (Å²) in [5.41, 5.74) is 1.11. The highest BCUT2D eigenvalue weighted by Crippen LogP contribution is 2.18. The summed E-state index contributed by atoms with van der Waals surface area (Å²) in [6.45, 7) is 2.36. The molecule has 0 radical (unpaired) electrons. The normalized spacial score (nSPS) is 17.4. The topological polar surface area (TPSA) is 126 Å². The quantitative estimate of drug-likeness (QED) is 0.380. The highest BCUT2D eigenvalue weighted by Gasteiger charge is 2.28. The van der Waals surface area contributed by atoms with Gasteiger partial charge in [0.2, 0.25) is 17.7 Å². The van der Waals surface area contributed by atoms with Crippen LogP contribution in [0, 0.1) is 0 Å². The van der Waals surface area contributed by atoms with Gasteiger partial charge in [0.1, 0.15) is 5.50 Å². The van der Waals surface area contributed by atoms with Crippen molar-refractivity contribution in [1.82, 2.24) is 16.0 Å². The molecule has 1 fully saturated rings. The van der Waals surface area contributed by atoms with E-state index in [0.29, 0.717) is 12.2 Å². The molecule has 180 valence electrons. The monoisotopic (exact) mass is 484 g/mol. The fourth-order valence-electron chi connectivity index (χ4n) is 3.38. The zero-order valence-electron chi connectivity index (χ0n) is 18.8. The fraction of sp³-hybridized carbons (Fsp3) is 0.333. The first-order valence-corrected chi connectivity index (χ1v) is 12.0. The standard InChI is InChI=1S/C24H28N4O5S/c1-2-33-23(32)18-10-6-7-11-19(18)27-22(31)15-34-24-26-17(13-21(30)28-24)12-20(29)25-14-16-8-4-3-5-9-16/h3-11,17,24,26H,2,12-15H2,1H3,(H,25,29)(H,27,31)(H,28,30). The second-order valence-electron chi connectivity index (χ2n) is 7.61. The summed E-state index contributed by atoms with van der Waals surface area (Å²) < 4.78 is 5.02. The van der Waals surface area contributed by atoms with E-state index < -0.39 is 11.5 Å². The van der Waals surface area contributed by atoms with Crippen LogP contribution in [0.1, 0.15) is 35.7 Å². The van der Waals surface area contributed by atoms with E-state index in [-0.39, 0.29) is 54.5 Å². The molecule has 4 N–H and O–H groups in total. The number of carbonyl (C=O) groups excluding carboxylic acids is 4. The number of hydrogen-bond acceptors (Lipinski definition) is 7. The van der Waals surface area contributed by atoms with Crippen LogP contribution in [-0.2, 0) is 25.7 Å². The van der Waals surface area contributed by atoms with E-state index in [2.05, 4.69) is 21.3 Å². The highest BCUT2D eigenvalue weighted by molar-refractivity contribution is 8.00. The van der Waals surface area contributed by atoms with Crippen LogP contribution < -0.4 is 21.3 Å². The number of rotatable bonds is 10. The van der Waals surface area contributed by atoms with Crippen LogP contribution in [0.3, 0.4) is 0 Å². The maximum atomic E-state index is 12.5. The molecule has 2 aromatic carbocycles. The van der Waals surface area contributed by atoms with Crippen molar-refractivity contribution in [2.24, 2.45) is 0 Å². The molecule has 3 amide bonds. The maximum absolute atomic E-state index is 12.5. The number of thioether (sulfide) groups is 1. The molecule has 3 rings (SSSR count). The molecule has 0 aromatic heterocycles. The Morgan fingerprint density at radius 2 is 1.79 bits per heavy atom. The molecule has 2 atom stereocenters. The van der Waals surface area contributed by atoms with Crippen LogP contribution in [0.15, 0.2) is 54.6 Å². The van der Waals surface area contributed by atoms with Gasteiger partial charge in [0.25, 0.3) is 0 Å². The lowest BCUT2D eigenvalue weighted by molar-refractivity contribution is -0.125. The van der Waals surface area contributed by atoms with Gasteiger partial charge in [-0.3, -0.25) is 19.7 Å². The summed E-state index contributed by atoms with van der Waals surface area (Å²) >= 11 is 1.19. The Balaban J connectivity index is 1.46. The number of benzene rings is 2. The van der Waals surface area contributed by atoms with E-state index in [9.17, 15) is 19.2 Å². The molecule has 1 saturated heterocycles. The minimum atomic E-state index is -0.515. The summed E-state index contributed by atoms with van der Waals surface area (Å²) in [7, 11) is 0. The van der Waals surface area contributed by atoms with Crippen molar-refractivity contribution in [3.05, 3.63) is 65.7 Å². The van der Waals surface area contributed by atoms with Gasteiger partial charge >= 0.3 is 5.97 Å². The summed E-state index contributed by atoms with van der Waals surface area (Å²) in [4.78, 5) is 49.0. The molecular weight excluding hydrogens is 456 g/mol. The average Bonchev–Trinajstić information content (AvgIpc) is 2.82. The second-order valence-corrected chi connectivity index (χ2v) is 8.70. The molecule has 34 heavy (non-hydrogen) atoms. The Morgan fingerprint density at radius 3 is 2.56 bits per heavy atom. The van der Waals surface area contributed by atoms with E-state index in [0.717, 1.165) is 5.56 Å². The van der Waals surface area contributed by atoms with Gasteiger partial charge in [0, 0.05) is 25.4 Å². The van der Waals surface area contributed by atoms with Crippen molar-refractivity contribution < 1.29 is 23.9 Å². The van der Waals surface area contributed by atoms with Gasteiger partial charge in [-0.1, -0.05) is 42.5 Å². The van der Waals surface area contributed by atoms with Crippen molar-refractivity contribution in [3.63, 3.8) is 0 Å². The Kier molecular flexibility index (Phi) is 9.48.